The highest BCUT2D eigenvalue weighted by Gasteiger charge is 2.25. The maximum Gasteiger partial charge on any atom is 0.309 e. The minimum atomic E-state index is -0.812. The van der Waals surface area contributed by atoms with Gasteiger partial charge in [-0.2, -0.15) is 5.10 Å². The van der Waals surface area contributed by atoms with Crippen LogP contribution in [0.3, 0.4) is 0 Å². The number of aliphatic carboxylic acids is 1. The summed E-state index contributed by atoms with van der Waals surface area (Å²) in [5, 5.41) is 13.2. The van der Waals surface area contributed by atoms with Gasteiger partial charge in [0.1, 0.15) is 0 Å². The van der Waals surface area contributed by atoms with E-state index in [4.69, 9.17) is 5.11 Å². The molecule has 0 amide bonds. The summed E-state index contributed by atoms with van der Waals surface area (Å²) in [6, 6.07) is 2.27. The van der Waals surface area contributed by atoms with E-state index < -0.39 is 5.97 Å². The summed E-state index contributed by atoms with van der Waals surface area (Å²) in [4.78, 5) is 10.7. The van der Waals surface area contributed by atoms with Crippen LogP contribution in [0, 0.1) is 0 Å². The number of carboxylic acid groups (broad SMARTS) is 1. The number of aromatic nitrogens is 2. The van der Waals surface area contributed by atoms with E-state index in [9.17, 15) is 4.79 Å². The first-order valence-electron chi connectivity index (χ1n) is 5.88. The molecule has 4 heteroatoms. The second-order valence-electron chi connectivity index (χ2n) is 4.80. The number of hydrogen-bond acceptors (Lipinski definition) is 2. The van der Waals surface area contributed by atoms with Crippen LogP contribution in [0.1, 0.15) is 56.5 Å². The molecule has 0 aromatic carbocycles. The molecule has 0 aliphatic heterocycles. The van der Waals surface area contributed by atoms with E-state index in [2.05, 4.69) is 18.9 Å². The molecule has 0 saturated heterocycles. The van der Waals surface area contributed by atoms with Gasteiger partial charge in [-0.25, -0.2) is 0 Å². The van der Waals surface area contributed by atoms with Crippen LogP contribution in [0.5, 0.6) is 0 Å². The Morgan fingerprint density at radius 2 is 2.31 bits per heavy atom. The molecule has 0 atom stereocenters. The zero-order valence-corrected chi connectivity index (χ0v) is 9.81. The molecule has 1 aromatic rings. The highest BCUT2D eigenvalue weighted by molar-refractivity contribution is 5.69. The molecule has 1 aliphatic carbocycles. The van der Waals surface area contributed by atoms with Crippen molar-refractivity contribution < 1.29 is 9.90 Å². The standard InChI is InChI=1S/C12H18N2O2/c1-8(2)14-11(9-4-3-5-9)6-10(13-14)7-12(15)16/h6,8-9H,3-5,7H2,1-2H3,(H,15,16). The minimum absolute atomic E-state index is 0.0272. The lowest BCUT2D eigenvalue weighted by Gasteiger charge is -2.27. The second kappa shape index (κ2) is 4.28. The summed E-state index contributed by atoms with van der Waals surface area (Å²) in [5.74, 6) is -0.217. The smallest absolute Gasteiger partial charge is 0.309 e. The van der Waals surface area contributed by atoms with Crippen LogP contribution in [-0.4, -0.2) is 20.9 Å². The molecule has 1 aliphatic rings. The topological polar surface area (TPSA) is 55.1 Å². The van der Waals surface area contributed by atoms with E-state index >= 15 is 0 Å². The number of carboxylic acids is 1. The summed E-state index contributed by atoms with van der Waals surface area (Å²) < 4.78 is 1.99. The zero-order valence-electron chi connectivity index (χ0n) is 9.81. The summed E-state index contributed by atoms with van der Waals surface area (Å²) in [6.07, 6.45) is 3.73. The SMILES string of the molecule is CC(C)n1nc(CC(=O)O)cc1C1CCC1. The molecule has 1 aromatic heterocycles. The van der Waals surface area contributed by atoms with Crippen molar-refractivity contribution in [1.82, 2.24) is 9.78 Å². The van der Waals surface area contributed by atoms with Gasteiger partial charge in [-0.15, -0.1) is 0 Å². The van der Waals surface area contributed by atoms with E-state index in [-0.39, 0.29) is 6.42 Å². The Morgan fingerprint density at radius 1 is 1.62 bits per heavy atom. The largest absolute Gasteiger partial charge is 0.481 e. The Bertz CT molecular complexity index is 392. The van der Waals surface area contributed by atoms with Crippen molar-refractivity contribution in [2.24, 2.45) is 0 Å². The van der Waals surface area contributed by atoms with Gasteiger partial charge in [0.15, 0.2) is 0 Å². The van der Waals surface area contributed by atoms with E-state index in [0.29, 0.717) is 17.7 Å². The minimum Gasteiger partial charge on any atom is -0.481 e. The summed E-state index contributed by atoms with van der Waals surface area (Å²) >= 11 is 0. The Hall–Kier alpha value is -1.32. The number of nitrogens with zero attached hydrogens (tertiary/aromatic N) is 2. The van der Waals surface area contributed by atoms with Gasteiger partial charge in [-0.05, 0) is 32.8 Å². The molecular weight excluding hydrogens is 204 g/mol. The fourth-order valence-corrected chi connectivity index (χ4v) is 2.13. The first-order valence-corrected chi connectivity index (χ1v) is 5.88. The van der Waals surface area contributed by atoms with Gasteiger partial charge in [0, 0.05) is 17.7 Å². The third kappa shape index (κ3) is 2.10. The average molecular weight is 222 g/mol. The van der Waals surface area contributed by atoms with Crippen molar-refractivity contribution in [3.8, 4) is 0 Å². The van der Waals surface area contributed by atoms with Crippen molar-refractivity contribution in [2.75, 3.05) is 0 Å². The second-order valence-corrected chi connectivity index (χ2v) is 4.80. The first-order chi connectivity index (χ1) is 7.58. The Labute approximate surface area is 95.3 Å². The molecule has 2 rings (SSSR count). The van der Waals surface area contributed by atoms with Crippen molar-refractivity contribution in [3.05, 3.63) is 17.5 Å². The number of carbonyl (C=O) groups is 1. The van der Waals surface area contributed by atoms with E-state index in [1.54, 1.807) is 0 Å². The van der Waals surface area contributed by atoms with Gasteiger partial charge >= 0.3 is 5.97 Å². The number of hydrogen-bond donors (Lipinski definition) is 1. The average Bonchev–Trinajstić information content (AvgIpc) is 2.44. The van der Waals surface area contributed by atoms with Gasteiger partial charge in [-0.3, -0.25) is 9.48 Å². The van der Waals surface area contributed by atoms with E-state index in [1.165, 1.54) is 25.0 Å². The van der Waals surface area contributed by atoms with E-state index in [1.807, 2.05) is 10.7 Å². The molecule has 0 radical (unpaired) electrons. The maximum absolute atomic E-state index is 10.7. The predicted octanol–water partition coefficient (Wildman–Crippen LogP) is 2.36. The van der Waals surface area contributed by atoms with Crippen molar-refractivity contribution in [1.29, 1.82) is 0 Å². The molecular formula is C12H18N2O2. The van der Waals surface area contributed by atoms with Crippen LogP contribution >= 0.6 is 0 Å². The molecule has 1 N–H and O–H groups in total. The van der Waals surface area contributed by atoms with Crippen molar-refractivity contribution >= 4 is 5.97 Å². The normalized spacial score (nSPS) is 16.4. The van der Waals surface area contributed by atoms with Crippen molar-refractivity contribution in [3.63, 3.8) is 0 Å². The lowest BCUT2D eigenvalue weighted by atomic mass is 9.82. The Kier molecular flexibility index (Phi) is 2.99. The summed E-state index contributed by atoms with van der Waals surface area (Å²) in [7, 11) is 0. The first kappa shape index (κ1) is 11.2. The monoisotopic (exact) mass is 222 g/mol. The molecule has 16 heavy (non-hydrogen) atoms. The van der Waals surface area contributed by atoms with Crippen LogP contribution in [0.25, 0.3) is 0 Å². The zero-order chi connectivity index (χ0) is 11.7. The molecule has 88 valence electrons. The van der Waals surface area contributed by atoms with Crippen LogP contribution < -0.4 is 0 Å². The van der Waals surface area contributed by atoms with Crippen LogP contribution in [-0.2, 0) is 11.2 Å². The lowest BCUT2D eigenvalue weighted by molar-refractivity contribution is -0.136. The fourth-order valence-electron chi connectivity index (χ4n) is 2.13. The molecule has 1 saturated carbocycles. The van der Waals surface area contributed by atoms with Gasteiger partial charge < -0.3 is 5.11 Å². The predicted molar refractivity (Wildman–Crippen MR) is 60.5 cm³/mol. The van der Waals surface area contributed by atoms with Crippen molar-refractivity contribution in [2.45, 2.75) is 51.5 Å². The highest BCUT2D eigenvalue weighted by atomic mass is 16.4. The van der Waals surface area contributed by atoms with Gasteiger partial charge in [0.05, 0.1) is 12.1 Å². The third-order valence-electron chi connectivity index (χ3n) is 3.16. The lowest BCUT2D eigenvalue weighted by Crippen LogP contribution is -2.16. The molecule has 1 heterocycles. The Balaban J connectivity index is 2.26. The molecule has 0 spiro atoms. The molecule has 4 nitrogen and oxygen atoms in total. The third-order valence-corrected chi connectivity index (χ3v) is 3.16. The van der Waals surface area contributed by atoms with Crippen LogP contribution in [0.4, 0.5) is 0 Å². The van der Waals surface area contributed by atoms with Gasteiger partial charge in [0.25, 0.3) is 0 Å². The molecule has 0 unspecified atom stereocenters. The van der Waals surface area contributed by atoms with E-state index in [0.717, 1.165) is 0 Å². The quantitative estimate of drug-likeness (QED) is 0.850. The molecule has 0 bridgehead atoms. The maximum atomic E-state index is 10.7. The molecule has 1 fully saturated rings. The van der Waals surface area contributed by atoms with Crippen LogP contribution in [0.2, 0.25) is 0 Å². The van der Waals surface area contributed by atoms with Gasteiger partial charge in [-0.1, -0.05) is 6.42 Å². The summed E-state index contributed by atoms with van der Waals surface area (Å²) in [5.41, 5.74) is 1.90. The van der Waals surface area contributed by atoms with Crippen LogP contribution in [0.15, 0.2) is 6.07 Å². The Morgan fingerprint density at radius 3 is 2.75 bits per heavy atom. The van der Waals surface area contributed by atoms with Gasteiger partial charge in [0.2, 0.25) is 0 Å². The summed E-state index contributed by atoms with van der Waals surface area (Å²) in [6.45, 7) is 4.17. The fraction of sp³-hybridized carbons (Fsp3) is 0.667. The number of rotatable bonds is 4. The highest BCUT2D eigenvalue weighted by Crippen LogP contribution is 2.37.